The minimum atomic E-state index is -0.647. The summed E-state index contributed by atoms with van der Waals surface area (Å²) in [5.74, 6) is 0.794. The van der Waals surface area contributed by atoms with Crippen molar-refractivity contribution < 1.29 is 18.7 Å². The van der Waals surface area contributed by atoms with Crippen molar-refractivity contribution >= 4 is 32.7 Å². The number of fused-ring (bicyclic) bond motifs is 2. The Labute approximate surface area is 109 Å². The largest absolute Gasteiger partial charge is 0.454 e. The van der Waals surface area contributed by atoms with Crippen LogP contribution in [0.1, 0.15) is 10.4 Å². The van der Waals surface area contributed by atoms with Gasteiger partial charge >= 0.3 is 5.63 Å². The first-order chi connectivity index (χ1) is 8.69. The van der Waals surface area contributed by atoms with Gasteiger partial charge < -0.3 is 13.9 Å². The van der Waals surface area contributed by atoms with Crippen LogP contribution in [0.15, 0.2) is 27.4 Å². The Kier molecular flexibility index (Phi) is 2.59. The summed E-state index contributed by atoms with van der Waals surface area (Å²) >= 11 is 3.02. The molecule has 6 heteroatoms. The number of rotatable bonds is 2. The van der Waals surface area contributed by atoms with E-state index in [9.17, 15) is 9.59 Å². The first kappa shape index (κ1) is 11.3. The molecule has 1 aromatic heterocycles. The molecular formula is C12H7BrO5. The van der Waals surface area contributed by atoms with Crippen LogP contribution in [-0.4, -0.2) is 17.9 Å². The average molecular weight is 311 g/mol. The second kappa shape index (κ2) is 4.13. The lowest BCUT2D eigenvalue weighted by atomic mass is 10.1. The molecule has 0 spiro atoms. The molecule has 0 saturated heterocycles. The lowest BCUT2D eigenvalue weighted by Gasteiger charge is -2.01. The van der Waals surface area contributed by atoms with Crippen molar-refractivity contribution in [1.82, 2.24) is 0 Å². The monoisotopic (exact) mass is 310 g/mol. The van der Waals surface area contributed by atoms with E-state index in [1.807, 2.05) is 0 Å². The smallest absolute Gasteiger partial charge is 0.347 e. The van der Waals surface area contributed by atoms with Gasteiger partial charge in [-0.25, -0.2) is 4.79 Å². The van der Waals surface area contributed by atoms with Crippen molar-refractivity contribution in [3.8, 4) is 11.5 Å². The fraction of sp³-hybridized carbons (Fsp3) is 0.167. The van der Waals surface area contributed by atoms with Crippen molar-refractivity contribution in [2.75, 3.05) is 12.1 Å². The summed E-state index contributed by atoms with van der Waals surface area (Å²) in [6.45, 7) is 0.142. The molecule has 0 atom stereocenters. The molecule has 1 aromatic carbocycles. The van der Waals surface area contributed by atoms with Crippen molar-refractivity contribution in [2.24, 2.45) is 0 Å². The maximum Gasteiger partial charge on any atom is 0.347 e. The van der Waals surface area contributed by atoms with Crippen LogP contribution in [0.5, 0.6) is 11.5 Å². The topological polar surface area (TPSA) is 65.7 Å². The van der Waals surface area contributed by atoms with Crippen molar-refractivity contribution in [3.63, 3.8) is 0 Å². The number of Topliss-reactive ketones (excluding diaryl/α,β-unsaturated/α-hetero) is 1. The number of benzene rings is 1. The number of alkyl halides is 1. The van der Waals surface area contributed by atoms with Crippen LogP contribution in [0, 0.1) is 0 Å². The predicted molar refractivity (Wildman–Crippen MR) is 66.7 cm³/mol. The van der Waals surface area contributed by atoms with Gasteiger partial charge in [-0.2, -0.15) is 0 Å². The zero-order chi connectivity index (χ0) is 12.7. The zero-order valence-electron chi connectivity index (χ0n) is 9.07. The second-order valence-electron chi connectivity index (χ2n) is 3.75. The number of ketones is 1. The molecule has 5 nitrogen and oxygen atoms in total. The van der Waals surface area contributed by atoms with Crippen LogP contribution in [0.4, 0.5) is 0 Å². The van der Waals surface area contributed by atoms with Gasteiger partial charge in [0.2, 0.25) is 6.79 Å². The molecule has 0 N–H and O–H groups in total. The van der Waals surface area contributed by atoms with Crippen LogP contribution in [0.25, 0.3) is 11.0 Å². The Balaban J connectivity index is 2.26. The van der Waals surface area contributed by atoms with E-state index in [-0.39, 0.29) is 23.5 Å². The highest BCUT2D eigenvalue weighted by atomic mass is 79.9. The third kappa shape index (κ3) is 1.69. The minimum Gasteiger partial charge on any atom is -0.454 e. The second-order valence-corrected chi connectivity index (χ2v) is 4.31. The van der Waals surface area contributed by atoms with E-state index < -0.39 is 5.63 Å². The van der Waals surface area contributed by atoms with Gasteiger partial charge in [-0.1, -0.05) is 15.9 Å². The molecule has 0 bridgehead atoms. The van der Waals surface area contributed by atoms with Gasteiger partial charge in [0.15, 0.2) is 17.3 Å². The van der Waals surface area contributed by atoms with Crippen LogP contribution in [-0.2, 0) is 0 Å². The van der Waals surface area contributed by atoms with Gasteiger partial charge in [0.05, 0.1) is 5.33 Å². The SMILES string of the molecule is O=C(CBr)c1cc2cc3c(cc2oc1=O)OCO3. The van der Waals surface area contributed by atoms with Crippen LogP contribution in [0.2, 0.25) is 0 Å². The molecule has 0 fully saturated rings. The minimum absolute atomic E-state index is 0.0261. The number of carbonyl (C=O) groups excluding carboxylic acids is 1. The Morgan fingerprint density at radius 3 is 2.67 bits per heavy atom. The number of halogens is 1. The van der Waals surface area contributed by atoms with Crippen molar-refractivity contribution in [3.05, 3.63) is 34.2 Å². The Morgan fingerprint density at radius 2 is 1.94 bits per heavy atom. The summed E-state index contributed by atoms with van der Waals surface area (Å²) in [5, 5.41) is 0.705. The van der Waals surface area contributed by atoms with E-state index in [1.54, 1.807) is 12.1 Å². The quantitative estimate of drug-likeness (QED) is 0.483. The van der Waals surface area contributed by atoms with Crippen LogP contribution >= 0.6 is 15.9 Å². The van der Waals surface area contributed by atoms with Gasteiger partial charge in [-0.15, -0.1) is 0 Å². The highest BCUT2D eigenvalue weighted by Crippen LogP contribution is 2.35. The molecule has 2 aromatic rings. The summed E-state index contributed by atoms with van der Waals surface area (Å²) in [6, 6.07) is 4.78. The Morgan fingerprint density at radius 1 is 1.22 bits per heavy atom. The van der Waals surface area contributed by atoms with E-state index >= 15 is 0 Å². The molecule has 0 aliphatic carbocycles. The normalized spacial score (nSPS) is 12.9. The molecule has 3 rings (SSSR count). The molecule has 0 unspecified atom stereocenters. The molecule has 18 heavy (non-hydrogen) atoms. The summed E-state index contributed by atoms with van der Waals surface area (Å²) < 4.78 is 15.5. The van der Waals surface area contributed by atoms with E-state index in [1.165, 1.54) is 6.07 Å². The lowest BCUT2D eigenvalue weighted by molar-refractivity contribution is 0.102. The fourth-order valence-electron chi connectivity index (χ4n) is 1.78. The highest BCUT2D eigenvalue weighted by molar-refractivity contribution is 9.09. The van der Waals surface area contributed by atoms with E-state index in [0.717, 1.165) is 0 Å². The average Bonchev–Trinajstić information content (AvgIpc) is 2.81. The van der Waals surface area contributed by atoms with Crippen molar-refractivity contribution in [1.29, 1.82) is 0 Å². The van der Waals surface area contributed by atoms with Crippen LogP contribution < -0.4 is 15.1 Å². The molecule has 0 saturated carbocycles. The maximum atomic E-state index is 11.7. The predicted octanol–water partition coefficient (Wildman–Crippen LogP) is 2.10. The molecule has 0 amide bonds. The Bertz CT molecular complexity index is 703. The summed E-state index contributed by atoms with van der Waals surface area (Å²) in [5.41, 5.74) is -0.251. The standard InChI is InChI=1S/C12H7BrO5/c13-4-8(14)7-1-6-2-10-11(17-5-16-10)3-9(6)18-12(7)15/h1-3H,4-5H2. The zero-order valence-corrected chi connectivity index (χ0v) is 10.7. The number of carbonyl (C=O) groups is 1. The van der Waals surface area contributed by atoms with Gasteiger partial charge in [0.25, 0.3) is 0 Å². The Hall–Kier alpha value is -1.82. The van der Waals surface area contributed by atoms with E-state index in [4.69, 9.17) is 13.9 Å². The summed E-state index contributed by atoms with van der Waals surface area (Å²) in [4.78, 5) is 23.2. The number of hydrogen-bond acceptors (Lipinski definition) is 5. The summed E-state index contributed by atoms with van der Waals surface area (Å²) in [6.07, 6.45) is 0. The molecule has 1 aliphatic rings. The van der Waals surface area contributed by atoms with Crippen LogP contribution in [0.3, 0.4) is 0 Å². The molecule has 0 radical (unpaired) electrons. The number of hydrogen-bond donors (Lipinski definition) is 0. The molecular weight excluding hydrogens is 304 g/mol. The first-order valence-electron chi connectivity index (χ1n) is 5.15. The van der Waals surface area contributed by atoms with Gasteiger partial charge in [0.1, 0.15) is 11.1 Å². The van der Waals surface area contributed by atoms with Gasteiger partial charge in [-0.05, 0) is 12.1 Å². The third-order valence-electron chi connectivity index (χ3n) is 2.65. The molecule has 92 valence electrons. The summed E-state index contributed by atoms with van der Waals surface area (Å²) in [7, 11) is 0. The van der Waals surface area contributed by atoms with Crippen molar-refractivity contribution in [2.45, 2.75) is 0 Å². The van der Waals surface area contributed by atoms with Gasteiger partial charge in [-0.3, -0.25) is 4.79 Å². The molecule has 2 heterocycles. The molecule has 1 aliphatic heterocycles. The first-order valence-corrected chi connectivity index (χ1v) is 6.28. The van der Waals surface area contributed by atoms with Gasteiger partial charge in [0, 0.05) is 11.5 Å². The lowest BCUT2D eigenvalue weighted by Crippen LogP contribution is -2.14. The third-order valence-corrected chi connectivity index (χ3v) is 3.16. The van der Waals surface area contributed by atoms with E-state index in [2.05, 4.69) is 15.9 Å². The van der Waals surface area contributed by atoms with E-state index in [0.29, 0.717) is 22.5 Å². The fourth-order valence-corrected chi connectivity index (χ4v) is 2.08. The highest BCUT2D eigenvalue weighted by Gasteiger charge is 2.18. The number of ether oxygens (including phenoxy) is 2. The maximum absolute atomic E-state index is 11.7.